The Bertz CT molecular complexity index is 613. The van der Waals surface area contributed by atoms with Crippen LogP contribution in [0.5, 0.6) is 5.75 Å². The summed E-state index contributed by atoms with van der Waals surface area (Å²) in [4.78, 5) is 12.7. The molecular formula is C13H20N2O5S. The van der Waals surface area contributed by atoms with E-state index in [1.54, 1.807) is 0 Å². The summed E-state index contributed by atoms with van der Waals surface area (Å²) in [7, 11) is 2.66. The highest BCUT2D eigenvalue weighted by Gasteiger charge is 2.26. The van der Waals surface area contributed by atoms with Crippen LogP contribution in [0.4, 0.5) is 0 Å². The summed E-state index contributed by atoms with van der Waals surface area (Å²) in [6, 6.07) is 3.76. The van der Waals surface area contributed by atoms with Crippen molar-refractivity contribution >= 4 is 16.0 Å². The van der Waals surface area contributed by atoms with E-state index >= 15 is 0 Å². The molecule has 0 fully saturated rings. The van der Waals surface area contributed by atoms with Crippen molar-refractivity contribution < 1.29 is 23.1 Å². The average Bonchev–Trinajstić information content (AvgIpc) is 2.43. The smallest absolute Gasteiger partial charge is 0.335 e. The van der Waals surface area contributed by atoms with Gasteiger partial charge in [-0.3, -0.25) is 0 Å². The second-order valence-electron chi connectivity index (χ2n) is 4.80. The highest BCUT2D eigenvalue weighted by Crippen LogP contribution is 2.27. The fourth-order valence-electron chi connectivity index (χ4n) is 1.64. The van der Waals surface area contributed by atoms with E-state index in [-0.39, 0.29) is 22.8 Å². The zero-order chi connectivity index (χ0) is 16.2. The van der Waals surface area contributed by atoms with Crippen LogP contribution in [0.25, 0.3) is 0 Å². The van der Waals surface area contributed by atoms with Crippen molar-refractivity contribution in [2.24, 2.45) is 0 Å². The summed E-state index contributed by atoms with van der Waals surface area (Å²) >= 11 is 0. The number of sulfonamides is 1. The normalized spacial score (nSPS) is 11.9. The van der Waals surface area contributed by atoms with E-state index in [1.807, 2.05) is 19.0 Å². The molecule has 0 atom stereocenters. The number of rotatable bonds is 7. The van der Waals surface area contributed by atoms with Crippen LogP contribution in [0.3, 0.4) is 0 Å². The predicted molar refractivity (Wildman–Crippen MR) is 78.3 cm³/mol. The SMILES string of the molecule is COc1ccc(C(=O)O)cc1S(=O)(=O)N(C)CCN(C)C. The third-order valence-electron chi connectivity index (χ3n) is 2.96. The maximum atomic E-state index is 12.5. The molecule has 1 rings (SSSR count). The van der Waals surface area contributed by atoms with Gasteiger partial charge in [0.1, 0.15) is 10.6 Å². The Kier molecular flexibility index (Phi) is 5.70. The maximum Gasteiger partial charge on any atom is 0.335 e. The van der Waals surface area contributed by atoms with Gasteiger partial charge < -0.3 is 14.7 Å². The fraction of sp³-hybridized carbons (Fsp3) is 0.462. The topological polar surface area (TPSA) is 87.1 Å². The van der Waals surface area contributed by atoms with E-state index < -0.39 is 16.0 Å². The largest absolute Gasteiger partial charge is 0.495 e. The van der Waals surface area contributed by atoms with E-state index in [0.29, 0.717) is 6.54 Å². The molecule has 0 aliphatic rings. The summed E-state index contributed by atoms with van der Waals surface area (Å²) in [6.07, 6.45) is 0. The first-order valence-corrected chi connectivity index (χ1v) is 7.66. The molecule has 0 saturated heterocycles. The summed E-state index contributed by atoms with van der Waals surface area (Å²) in [5, 5.41) is 9.00. The highest BCUT2D eigenvalue weighted by atomic mass is 32.2. The number of carboxylic acid groups (broad SMARTS) is 1. The maximum absolute atomic E-state index is 12.5. The molecule has 1 aromatic carbocycles. The lowest BCUT2D eigenvalue weighted by atomic mass is 10.2. The van der Waals surface area contributed by atoms with Crippen LogP contribution in [0.15, 0.2) is 23.1 Å². The Morgan fingerprint density at radius 1 is 1.24 bits per heavy atom. The van der Waals surface area contributed by atoms with Gasteiger partial charge in [-0.05, 0) is 32.3 Å². The van der Waals surface area contributed by atoms with Crippen molar-refractivity contribution in [1.29, 1.82) is 0 Å². The molecule has 7 nitrogen and oxygen atoms in total. The third kappa shape index (κ3) is 4.16. The van der Waals surface area contributed by atoms with Crippen molar-refractivity contribution in [2.75, 3.05) is 41.3 Å². The zero-order valence-corrected chi connectivity index (χ0v) is 13.3. The number of benzene rings is 1. The fourth-order valence-corrected chi connectivity index (χ4v) is 2.98. The first kappa shape index (κ1) is 17.4. The molecule has 0 bridgehead atoms. The van der Waals surface area contributed by atoms with Crippen molar-refractivity contribution in [1.82, 2.24) is 9.21 Å². The van der Waals surface area contributed by atoms with E-state index in [4.69, 9.17) is 9.84 Å². The number of methoxy groups -OCH3 is 1. The molecule has 0 heterocycles. The lowest BCUT2D eigenvalue weighted by Gasteiger charge is -2.20. The van der Waals surface area contributed by atoms with Crippen molar-refractivity contribution in [3.8, 4) is 5.75 Å². The number of hydrogen-bond donors (Lipinski definition) is 1. The van der Waals surface area contributed by atoms with Gasteiger partial charge in [0.15, 0.2) is 0 Å². The molecule has 1 N–H and O–H groups in total. The van der Waals surface area contributed by atoms with Crippen LogP contribution >= 0.6 is 0 Å². The quantitative estimate of drug-likeness (QED) is 0.791. The van der Waals surface area contributed by atoms with Crippen molar-refractivity contribution in [3.05, 3.63) is 23.8 Å². The van der Waals surface area contributed by atoms with Crippen LogP contribution in [0.1, 0.15) is 10.4 Å². The van der Waals surface area contributed by atoms with Gasteiger partial charge in [-0.15, -0.1) is 0 Å². The van der Waals surface area contributed by atoms with E-state index in [9.17, 15) is 13.2 Å². The molecule has 8 heteroatoms. The monoisotopic (exact) mass is 316 g/mol. The van der Waals surface area contributed by atoms with Crippen LogP contribution < -0.4 is 4.74 Å². The number of nitrogens with zero attached hydrogens (tertiary/aromatic N) is 2. The number of aromatic carboxylic acids is 1. The zero-order valence-electron chi connectivity index (χ0n) is 12.5. The van der Waals surface area contributed by atoms with Gasteiger partial charge in [0.25, 0.3) is 0 Å². The van der Waals surface area contributed by atoms with Crippen LogP contribution in [0, 0.1) is 0 Å². The number of carbonyl (C=O) groups is 1. The highest BCUT2D eigenvalue weighted by molar-refractivity contribution is 7.89. The molecule has 0 spiro atoms. The molecular weight excluding hydrogens is 296 g/mol. The van der Waals surface area contributed by atoms with Crippen LogP contribution in [-0.2, 0) is 10.0 Å². The van der Waals surface area contributed by atoms with E-state index in [1.165, 1.54) is 30.6 Å². The second-order valence-corrected chi connectivity index (χ2v) is 6.81. The second kappa shape index (κ2) is 6.88. The lowest BCUT2D eigenvalue weighted by molar-refractivity contribution is 0.0696. The minimum absolute atomic E-state index is 0.101. The van der Waals surface area contributed by atoms with Crippen LogP contribution in [-0.4, -0.2) is 70.0 Å². The van der Waals surface area contributed by atoms with Gasteiger partial charge in [0.05, 0.1) is 12.7 Å². The summed E-state index contributed by atoms with van der Waals surface area (Å²) in [6.45, 7) is 0.840. The van der Waals surface area contributed by atoms with E-state index in [2.05, 4.69) is 0 Å². The van der Waals surface area contributed by atoms with Gasteiger partial charge >= 0.3 is 5.97 Å². The number of ether oxygens (including phenoxy) is 1. The van der Waals surface area contributed by atoms with Gasteiger partial charge in [-0.2, -0.15) is 4.31 Å². The number of carboxylic acids is 1. The minimum Gasteiger partial charge on any atom is -0.495 e. The molecule has 118 valence electrons. The standard InChI is InChI=1S/C13H20N2O5S/c1-14(2)7-8-15(3)21(18,19)12-9-10(13(16)17)5-6-11(12)20-4/h5-6,9H,7-8H2,1-4H3,(H,16,17). The first-order valence-electron chi connectivity index (χ1n) is 6.22. The van der Waals surface area contributed by atoms with Crippen molar-refractivity contribution in [2.45, 2.75) is 4.90 Å². The number of likely N-dealkylation sites (N-methyl/N-ethyl adjacent to an activating group) is 2. The average molecular weight is 316 g/mol. The Labute approximate surface area is 124 Å². The molecule has 0 aromatic heterocycles. The summed E-state index contributed by atoms with van der Waals surface area (Å²) in [5.74, 6) is -1.07. The van der Waals surface area contributed by atoms with Gasteiger partial charge in [0, 0.05) is 20.1 Å². The Morgan fingerprint density at radius 2 is 1.86 bits per heavy atom. The van der Waals surface area contributed by atoms with Crippen molar-refractivity contribution in [3.63, 3.8) is 0 Å². The molecule has 0 amide bonds. The number of hydrogen-bond acceptors (Lipinski definition) is 5. The molecule has 0 aliphatic carbocycles. The third-order valence-corrected chi connectivity index (χ3v) is 4.84. The minimum atomic E-state index is -3.82. The molecule has 0 radical (unpaired) electrons. The van der Waals surface area contributed by atoms with Gasteiger partial charge in [-0.1, -0.05) is 0 Å². The van der Waals surface area contributed by atoms with Gasteiger partial charge in [-0.25, -0.2) is 13.2 Å². The first-order chi connectivity index (χ1) is 9.70. The Morgan fingerprint density at radius 3 is 2.33 bits per heavy atom. The Hall–Kier alpha value is -1.64. The lowest BCUT2D eigenvalue weighted by Crippen LogP contribution is -2.33. The molecule has 1 aromatic rings. The van der Waals surface area contributed by atoms with Gasteiger partial charge in [0.2, 0.25) is 10.0 Å². The molecule has 0 saturated carbocycles. The predicted octanol–water partition coefficient (Wildman–Crippen LogP) is 0.576. The van der Waals surface area contributed by atoms with E-state index in [0.717, 1.165) is 6.07 Å². The molecule has 0 unspecified atom stereocenters. The molecule has 21 heavy (non-hydrogen) atoms. The molecule has 0 aliphatic heterocycles. The Balaban J connectivity index is 3.22. The van der Waals surface area contributed by atoms with Crippen LogP contribution in [0.2, 0.25) is 0 Å². The summed E-state index contributed by atoms with van der Waals surface area (Å²) in [5.41, 5.74) is -0.101. The summed E-state index contributed by atoms with van der Waals surface area (Å²) < 4.78 is 31.3.